The van der Waals surface area contributed by atoms with E-state index < -0.39 is 5.97 Å². The molecule has 0 radical (unpaired) electrons. The van der Waals surface area contributed by atoms with E-state index in [1.807, 2.05) is 12.1 Å². The Morgan fingerprint density at radius 1 is 1.35 bits per heavy atom. The number of carboxylic acid groups (broad SMARTS) is 1. The van der Waals surface area contributed by atoms with Crippen molar-refractivity contribution in [1.82, 2.24) is 9.97 Å². The van der Waals surface area contributed by atoms with E-state index in [1.165, 1.54) is 17.8 Å². The first-order valence-electron chi connectivity index (χ1n) is 5.83. The number of nitrogen functional groups attached to an aromatic ring is 1. The molecule has 20 heavy (non-hydrogen) atoms. The summed E-state index contributed by atoms with van der Waals surface area (Å²) in [6, 6.07) is 8.49. The van der Waals surface area contributed by atoms with Gasteiger partial charge in [-0.1, -0.05) is 36.0 Å². The van der Waals surface area contributed by atoms with Gasteiger partial charge in [0, 0.05) is 11.8 Å². The average molecular weight is 291 g/mol. The van der Waals surface area contributed by atoms with E-state index in [9.17, 15) is 9.59 Å². The lowest BCUT2D eigenvalue weighted by Gasteiger charge is -2.07. The number of nitrogens with one attached hydrogen (secondary N) is 1. The van der Waals surface area contributed by atoms with Crippen molar-refractivity contribution in [3.05, 3.63) is 51.8 Å². The molecule has 2 rings (SSSR count). The minimum atomic E-state index is -0.877. The van der Waals surface area contributed by atoms with Crippen molar-refractivity contribution < 1.29 is 9.90 Å². The summed E-state index contributed by atoms with van der Waals surface area (Å²) in [5.74, 6) is -0.205. The molecule has 6 nitrogen and oxygen atoms in total. The van der Waals surface area contributed by atoms with E-state index in [4.69, 9.17) is 10.8 Å². The Bertz CT molecular complexity index is 685. The van der Waals surface area contributed by atoms with Gasteiger partial charge < -0.3 is 15.8 Å². The van der Waals surface area contributed by atoms with Crippen molar-refractivity contribution in [3.63, 3.8) is 0 Å². The third-order valence-corrected chi connectivity index (χ3v) is 3.49. The Morgan fingerprint density at radius 3 is 2.70 bits per heavy atom. The maximum atomic E-state index is 11.3. The number of H-pyrrole nitrogens is 1. The molecule has 0 bridgehead atoms. The van der Waals surface area contributed by atoms with Crippen LogP contribution >= 0.6 is 11.8 Å². The number of rotatable bonds is 5. The summed E-state index contributed by atoms with van der Waals surface area (Å²) in [5.41, 5.74) is 6.84. The Morgan fingerprint density at radius 2 is 2.05 bits per heavy atom. The first-order chi connectivity index (χ1) is 9.54. The quantitative estimate of drug-likeness (QED) is 0.565. The van der Waals surface area contributed by atoms with Crippen molar-refractivity contribution >= 4 is 23.5 Å². The normalized spacial score (nSPS) is 10.4. The largest absolute Gasteiger partial charge is 0.481 e. The lowest BCUT2D eigenvalue weighted by atomic mass is 10.1. The summed E-state index contributed by atoms with van der Waals surface area (Å²) >= 11 is 1.30. The van der Waals surface area contributed by atoms with Crippen molar-refractivity contribution in [2.75, 3.05) is 5.73 Å². The molecule has 1 aromatic carbocycles. The van der Waals surface area contributed by atoms with Crippen LogP contribution in [0, 0.1) is 0 Å². The van der Waals surface area contributed by atoms with E-state index in [2.05, 4.69) is 9.97 Å². The number of carbonyl (C=O) groups is 1. The highest BCUT2D eigenvalue weighted by atomic mass is 32.2. The van der Waals surface area contributed by atoms with E-state index in [0.29, 0.717) is 10.9 Å². The van der Waals surface area contributed by atoms with E-state index in [1.54, 1.807) is 12.1 Å². The number of nitrogens with two attached hydrogens (primary N) is 1. The number of aromatic amines is 1. The molecule has 2 aromatic rings. The van der Waals surface area contributed by atoms with Crippen LogP contribution in [0.1, 0.15) is 11.1 Å². The summed E-state index contributed by atoms with van der Waals surface area (Å²) < 4.78 is 0. The van der Waals surface area contributed by atoms with Crippen molar-refractivity contribution in [3.8, 4) is 0 Å². The van der Waals surface area contributed by atoms with Crippen molar-refractivity contribution in [1.29, 1.82) is 0 Å². The van der Waals surface area contributed by atoms with Crippen LogP contribution in [0.15, 0.2) is 40.3 Å². The number of nitrogens with zero attached hydrogens (tertiary/aromatic N) is 1. The van der Waals surface area contributed by atoms with Crippen LogP contribution < -0.4 is 11.3 Å². The molecule has 0 aliphatic carbocycles. The smallest absolute Gasteiger partial charge is 0.307 e. The number of hydrogen-bond acceptors (Lipinski definition) is 5. The van der Waals surface area contributed by atoms with Gasteiger partial charge in [0.05, 0.1) is 6.42 Å². The van der Waals surface area contributed by atoms with E-state index in [-0.39, 0.29) is 17.8 Å². The highest BCUT2D eigenvalue weighted by molar-refractivity contribution is 7.98. The second-order valence-corrected chi connectivity index (χ2v) is 5.07. The molecular formula is C13H13N3O3S. The lowest BCUT2D eigenvalue weighted by molar-refractivity contribution is -0.136. The van der Waals surface area contributed by atoms with Crippen LogP contribution in [0.2, 0.25) is 0 Å². The van der Waals surface area contributed by atoms with E-state index >= 15 is 0 Å². The fourth-order valence-corrected chi connectivity index (χ4v) is 2.62. The molecule has 4 N–H and O–H groups in total. The summed E-state index contributed by atoms with van der Waals surface area (Å²) in [5, 5.41) is 9.28. The fraction of sp³-hybridized carbons (Fsp3) is 0.154. The van der Waals surface area contributed by atoms with Crippen LogP contribution in [0.3, 0.4) is 0 Å². The van der Waals surface area contributed by atoms with Gasteiger partial charge in [-0.05, 0) is 11.1 Å². The first-order valence-corrected chi connectivity index (χ1v) is 6.81. The summed E-state index contributed by atoms with van der Waals surface area (Å²) in [6.07, 6.45) is -0.0301. The Hall–Kier alpha value is -2.28. The molecule has 0 spiro atoms. The van der Waals surface area contributed by atoms with Gasteiger partial charge in [-0.3, -0.25) is 9.59 Å². The third kappa shape index (κ3) is 3.86. The number of carboxylic acids is 1. The molecule has 0 aliphatic heterocycles. The second kappa shape index (κ2) is 6.25. The lowest BCUT2D eigenvalue weighted by Crippen LogP contribution is -2.09. The summed E-state index contributed by atoms with van der Waals surface area (Å²) in [4.78, 5) is 28.7. The molecule has 7 heteroatoms. The van der Waals surface area contributed by atoms with Crippen LogP contribution in [-0.2, 0) is 17.0 Å². The van der Waals surface area contributed by atoms with Gasteiger partial charge in [-0.2, -0.15) is 0 Å². The first kappa shape index (κ1) is 14.1. The zero-order valence-corrected chi connectivity index (χ0v) is 11.3. The Labute approximate surface area is 119 Å². The van der Waals surface area contributed by atoms with Crippen molar-refractivity contribution in [2.45, 2.75) is 17.3 Å². The zero-order valence-electron chi connectivity index (χ0n) is 10.5. The molecule has 104 valence electrons. The van der Waals surface area contributed by atoms with Crippen LogP contribution in [0.4, 0.5) is 5.82 Å². The maximum absolute atomic E-state index is 11.3. The van der Waals surface area contributed by atoms with Gasteiger partial charge in [-0.15, -0.1) is 0 Å². The van der Waals surface area contributed by atoms with Gasteiger partial charge in [-0.25, -0.2) is 4.98 Å². The number of benzene rings is 1. The predicted molar refractivity (Wildman–Crippen MR) is 76.6 cm³/mol. The number of aliphatic carboxylic acids is 1. The third-order valence-electron chi connectivity index (χ3n) is 2.56. The topological polar surface area (TPSA) is 109 Å². The minimum Gasteiger partial charge on any atom is -0.481 e. The molecule has 0 unspecified atom stereocenters. The number of anilines is 1. The average Bonchev–Trinajstić information content (AvgIpc) is 2.36. The van der Waals surface area contributed by atoms with E-state index in [0.717, 1.165) is 11.1 Å². The molecule has 1 heterocycles. The van der Waals surface area contributed by atoms with Crippen LogP contribution in [-0.4, -0.2) is 21.0 Å². The van der Waals surface area contributed by atoms with Crippen LogP contribution in [0.5, 0.6) is 0 Å². The monoisotopic (exact) mass is 291 g/mol. The summed E-state index contributed by atoms with van der Waals surface area (Å²) in [6.45, 7) is 0. The van der Waals surface area contributed by atoms with Gasteiger partial charge in [0.25, 0.3) is 5.56 Å². The summed E-state index contributed by atoms with van der Waals surface area (Å²) in [7, 11) is 0. The van der Waals surface area contributed by atoms with Gasteiger partial charge in [0.2, 0.25) is 0 Å². The fourth-order valence-electron chi connectivity index (χ4n) is 1.70. The molecular weight excluding hydrogens is 278 g/mol. The molecule has 0 fully saturated rings. The molecule has 0 saturated carbocycles. The number of hydrogen-bond donors (Lipinski definition) is 3. The highest BCUT2D eigenvalue weighted by Crippen LogP contribution is 2.21. The van der Waals surface area contributed by atoms with Gasteiger partial charge in [0.1, 0.15) is 5.82 Å². The van der Waals surface area contributed by atoms with Gasteiger partial charge in [0.15, 0.2) is 5.16 Å². The Kier molecular flexibility index (Phi) is 4.41. The number of thioether (sulfide) groups is 1. The second-order valence-electron chi connectivity index (χ2n) is 4.10. The Balaban J connectivity index is 2.14. The predicted octanol–water partition coefficient (Wildman–Crippen LogP) is 1.27. The maximum Gasteiger partial charge on any atom is 0.307 e. The molecule has 0 saturated heterocycles. The molecule has 1 aromatic heterocycles. The molecule has 0 aliphatic rings. The van der Waals surface area contributed by atoms with Gasteiger partial charge >= 0.3 is 5.97 Å². The molecule has 0 atom stereocenters. The zero-order chi connectivity index (χ0) is 14.5. The van der Waals surface area contributed by atoms with Crippen LogP contribution in [0.25, 0.3) is 0 Å². The SMILES string of the molecule is Nc1cc(=O)[nH]c(SCc2ccccc2CC(=O)O)n1. The minimum absolute atomic E-state index is 0.0301. The standard InChI is InChI=1S/C13H13N3O3S/c14-10-6-11(17)16-13(15-10)20-7-9-4-2-1-3-8(9)5-12(18)19/h1-4,6H,5,7H2,(H,18,19)(H3,14,15,16,17). The van der Waals surface area contributed by atoms with Crippen molar-refractivity contribution in [2.24, 2.45) is 0 Å². The number of aromatic nitrogens is 2. The molecule has 0 amide bonds. The highest BCUT2D eigenvalue weighted by Gasteiger charge is 2.07.